The quantitative estimate of drug-likeness (QED) is 0.635. The normalized spacial score (nSPS) is 17.3. The summed E-state index contributed by atoms with van der Waals surface area (Å²) in [7, 11) is -8.32. The van der Waals surface area contributed by atoms with Gasteiger partial charge >= 0.3 is 6.18 Å². The molecule has 168 valence electrons. The number of halogens is 4. The summed E-state index contributed by atoms with van der Waals surface area (Å²) >= 11 is 5.61. The molecular formula is C19H18ClF3N2O4S2. The van der Waals surface area contributed by atoms with E-state index >= 15 is 0 Å². The summed E-state index contributed by atoms with van der Waals surface area (Å²) in [5.74, 6) is 0. The molecule has 0 spiro atoms. The summed E-state index contributed by atoms with van der Waals surface area (Å²) < 4.78 is 92.6. The van der Waals surface area contributed by atoms with E-state index in [0.29, 0.717) is 11.6 Å². The second kappa shape index (κ2) is 8.91. The van der Waals surface area contributed by atoms with Crippen molar-refractivity contribution in [3.8, 4) is 0 Å². The number of benzene rings is 2. The van der Waals surface area contributed by atoms with Gasteiger partial charge in [0.05, 0.1) is 10.5 Å². The van der Waals surface area contributed by atoms with Gasteiger partial charge in [-0.15, -0.1) is 0 Å². The number of sulfonamides is 2. The van der Waals surface area contributed by atoms with E-state index in [1.54, 1.807) is 30.3 Å². The molecule has 0 N–H and O–H groups in total. The van der Waals surface area contributed by atoms with Crippen molar-refractivity contribution in [2.75, 3.05) is 26.2 Å². The lowest BCUT2D eigenvalue weighted by Crippen LogP contribution is -2.50. The van der Waals surface area contributed by atoms with Crippen LogP contribution in [0.3, 0.4) is 0 Å². The highest BCUT2D eigenvalue weighted by molar-refractivity contribution is 7.92. The Hall–Kier alpha value is -1.92. The number of piperazine rings is 1. The van der Waals surface area contributed by atoms with Crippen molar-refractivity contribution in [1.29, 1.82) is 0 Å². The second-order valence-electron chi connectivity index (χ2n) is 6.70. The molecular weight excluding hydrogens is 477 g/mol. The summed E-state index contributed by atoms with van der Waals surface area (Å²) in [5, 5.41) is 0.778. The molecule has 12 heteroatoms. The molecule has 1 fully saturated rings. The van der Waals surface area contributed by atoms with Gasteiger partial charge in [0.25, 0.3) is 0 Å². The maximum Gasteiger partial charge on any atom is 0.417 e. The molecule has 1 aliphatic heterocycles. The van der Waals surface area contributed by atoms with E-state index in [4.69, 9.17) is 11.6 Å². The minimum Gasteiger partial charge on any atom is -0.208 e. The molecule has 6 nitrogen and oxygen atoms in total. The number of hydrogen-bond acceptors (Lipinski definition) is 4. The van der Waals surface area contributed by atoms with E-state index in [-0.39, 0.29) is 31.2 Å². The van der Waals surface area contributed by atoms with Crippen molar-refractivity contribution in [3.05, 3.63) is 70.1 Å². The minimum absolute atomic E-state index is 0.185. The maximum absolute atomic E-state index is 13.3. The van der Waals surface area contributed by atoms with Crippen molar-refractivity contribution >= 4 is 37.7 Å². The first-order chi connectivity index (χ1) is 14.4. The number of rotatable bonds is 5. The Morgan fingerprint density at radius 2 is 1.45 bits per heavy atom. The van der Waals surface area contributed by atoms with Crippen molar-refractivity contribution in [2.45, 2.75) is 11.1 Å². The van der Waals surface area contributed by atoms with Gasteiger partial charge in [-0.25, -0.2) is 16.8 Å². The molecule has 3 rings (SSSR count). The van der Waals surface area contributed by atoms with Crippen molar-refractivity contribution < 1.29 is 30.0 Å². The summed E-state index contributed by atoms with van der Waals surface area (Å²) in [6, 6.07) is 11.2. The Morgan fingerprint density at radius 3 is 2.03 bits per heavy atom. The lowest BCUT2D eigenvalue weighted by molar-refractivity contribution is -0.139. The van der Waals surface area contributed by atoms with E-state index in [9.17, 15) is 30.0 Å². The third-order valence-electron chi connectivity index (χ3n) is 4.65. The van der Waals surface area contributed by atoms with E-state index in [0.717, 1.165) is 26.2 Å². The van der Waals surface area contributed by atoms with Gasteiger partial charge in [0.2, 0.25) is 20.0 Å². The Morgan fingerprint density at radius 1 is 0.871 bits per heavy atom. The number of nitrogens with zero attached hydrogens (tertiary/aromatic N) is 2. The fraction of sp³-hybridized carbons (Fsp3) is 0.263. The minimum atomic E-state index is -4.92. The maximum atomic E-state index is 13.3. The molecule has 0 radical (unpaired) electrons. The van der Waals surface area contributed by atoms with Crippen LogP contribution in [0.4, 0.5) is 13.2 Å². The average Bonchev–Trinajstić information content (AvgIpc) is 2.72. The lowest BCUT2D eigenvalue weighted by Gasteiger charge is -2.33. The van der Waals surface area contributed by atoms with Gasteiger partial charge in [-0.3, -0.25) is 0 Å². The zero-order valence-electron chi connectivity index (χ0n) is 16.0. The van der Waals surface area contributed by atoms with Crippen LogP contribution >= 0.6 is 11.6 Å². The van der Waals surface area contributed by atoms with E-state index in [1.807, 2.05) is 0 Å². The Balaban J connectivity index is 1.77. The summed E-state index contributed by atoms with van der Waals surface area (Å²) in [6.45, 7) is -0.924. The lowest BCUT2D eigenvalue weighted by atomic mass is 10.2. The molecule has 2 aromatic carbocycles. The van der Waals surface area contributed by atoms with Crippen LogP contribution in [0.1, 0.15) is 11.1 Å². The molecule has 1 saturated heterocycles. The monoisotopic (exact) mass is 494 g/mol. The van der Waals surface area contributed by atoms with Crippen LogP contribution in [0.15, 0.2) is 58.8 Å². The molecule has 0 unspecified atom stereocenters. The fourth-order valence-electron chi connectivity index (χ4n) is 3.07. The fourth-order valence-corrected chi connectivity index (χ4v) is 6.03. The van der Waals surface area contributed by atoms with Crippen LogP contribution in [-0.4, -0.2) is 51.6 Å². The average molecular weight is 495 g/mol. The molecule has 0 atom stereocenters. The van der Waals surface area contributed by atoms with Crippen molar-refractivity contribution in [2.24, 2.45) is 0 Å². The molecule has 2 aromatic rings. The first-order valence-corrected chi connectivity index (χ1v) is 12.3. The molecule has 0 saturated carbocycles. The number of hydrogen-bond donors (Lipinski definition) is 0. The van der Waals surface area contributed by atoms with Crippen molar-refractivity contribution in [1.82, 2.24) is 8.61 Å². The van der Waals surface area contributed by atoms with Gasteiger partial charge in [0.15, 0.2) is 0 Å². The summed E-state index contributed by atoms with van der Waals surface area (Å²) in [5.41, 5.74) is -0.685. The summed E-state index contributed by atoms with van der Waals surface area (Å²) in [6.07, 6.45) is -3.50. The predicted molar refractivity (Wildman–Crippen MR) is 111 cm³/mol. The molecule has 0 amide bonds. The van der Waals surface area contributed by atoms with E-state index in [2.05, 4.69) is 0 Å². The zero-order valence-corrected chi connectivity index (χ0v) is 18.3. The third kappa shape index (κ3) is 5.47. The highest BCUT2D eigenvalue weighted by Crippen LogP contribution is 2.37. The van der Waals surface area contributed by atoms with Gasteiger partial charge in [-0.05, 0) is 29.8 Å². The largest absolute Gasteiger partial charge is 0.417 e. The zero-order chi connectivity index (χ0) is 22.9. The van der Waals surface area contributed by atoms with Crippen LogP contribution in [-0.2, 0) is 26.2 Å². The highest BCUT2D eigenvalue weighted by Gasteiger charge is 2.40. The van der Waals surface area contributed by atoms with Gasteiger partial charge in [0.1, 0.15) is 0 Å². The van der Waals surface area contributed by atoms with Gasteiger partial charge in [-0.2, -0.15) is 21.8 Å². The molecule has 31 heavy (non-hydrogen) atoms. The molecule has 0 aliphatic carbocycles. The molecule has 1 heterocycles. The van der Waals surface area contributed by atoms with Crippen LogP contribution in [0.25, 0.3) is 6.08 Å². The van der Waals surface area contributed by atoms with Crippen LogP contribution in [0, 0.1) is 0 Å². The second-order valence-corrected chi connectivity index (χ2v) is 10.9. The molecule has 0 bridgehead atoms. The number of alkyl halides is 3. The SMILES string of the molecule is O=S(=O)(C=Cc1ccccc1)N1CCN(S(=O)(=O)c2ccc(Cl)cc2C(F)(F)F)CC1. The van der Waals surface area contributed by atoms with Gasteiger partial charge in [-0.1, -0.05) is 41.9 Å². The standard InChI is InChI=1S/C19H18ClF3N2O4S2/c20-16-6-7-18(17(14-16)19(21,22)23)31(28,29)25-11-9-24(10-12-25)30(26,27)13-8-15-4-2-1-3-5-15/h1-8,13-14H,9-12H2. The van der Waals surface area contributed by atoms with Crippen molar-refractivity contribution in [3.63, 3.8) is 0 Å². The van der Waals surface area contributed by atoms with Crippen LogP contribution < -0.4 is 0 Å². The van der Waals surface area contributed by atoms with Crippen LogP contribution in [0.2, 0.25) is 5.02 Å². The molecule has 1 aliphatic rings. The van der Waals surface area contributed by atoms with Gasteiger partial charge in [0, 0.05) is 36.6 Å². The van der Waals surface area contributed by atoms with E-state index < -0.39 is 36.7 Å². The topological polar surface area (TPSA) is 74.8 Å². The first-order valence-electron chi connectivity index (χ1n) is 9.01. The smallest absolute Gasteiger partial charge is 0.208 e. The Kier molecular flexibility index (Phi) is 6.82. The van der Waals surface area contributed by atoms with Gasteiger partial charge < -0.3 is 0 Å². The Labute approximate surface area is 183 Å². The molecule has 0 aromatic heterocycles. The van der Waals surface area contributed by atoms with E-state index in [1.165, 1.54) is 6.08 Å². The predicted octanol–water partition coefficient (Wildman–Crippen LogP) is 3.67. The third-order valence-corrected chi connectivity index (χ3v) is 8.41. The highest BCUT2D eigenvalue weighted by atomic mass is 35.5. The Bertz CT molecular complexity index is 1180. The summed E-state index contributed by atoms with van der Waals surface area (Å²) in [4.78, 5) is -0.912. The van der Waals surface area contributed by atoms with Crippen LogP contribution in [0.5, 0.6) is 0 Å². The first kappa shape index (κ1) is 23.7.